The number of hydrogen-bond acceptors (Lipinski definition) is 4. The fourth-order valence-corrected chi connectivity index (χ4v) is 2.38. The Morgan fingerprint density at radius 1 is 1.41 bits per heavy atom. The SMILES string of the molecule is Cc1ccc2sc(NCC(C)N(C)C)nc2c1. The van der Waals surface area contributed by atoms with Crippen molar-refractivity contribution in [1.29, 1.82) is 0 Å². The Morgan fingerprint density at radius 3 is 2.88 bits per heavy atom. The van der Waals surface area contributed by atoms with E-state index in [0.717, 1.165) is 17.2 Å². The molecule has 2 aromatic rings. The first kappa shape index (κ1) is 12.3. The number of benzene rings is 1. The van der Waals surface area contributed by atoms with Crippen molar-refractivity contribution in [3.8, 4) is 0 Å². The third-order valence-electron chi connectivity index (χ3n) is 2.97. The summed E-state index contributed by atoms with van der Waals surface area (Å²) in [7, 11) is 4.18. The molecule has 1 heterocycles. The fraction of sp³-hybridized carbons (Fsp3) is 0.462. The van der Waals surface area contributed by atoms with Crippen molar-refractivity contribution in [2.45, 2.75) is 19.9 Å². The van der Waals surface area contributed by atoms with Gasteiger partial charge in [0.05, 0.1) is 10.2 Å². The number of nitrogens with one attached hydrogen (secondary N) is 1. The van der Waals surface area contributed by atoms with Gasteiger partial charge < -0.3 is 10.2 Å². The van der Waals surface area contributed by atoms with E-state index in [1.54, 1.807) is 11.3 Å². The average Bonchev–Trinajstić information content (AvgIpc) is 2.67. The minimum Gasteiger partial charge on any atom is -0.360 e. The van der Waals surface area contributed by atoms with Gasteiger partial charge in [-0.05, 0) is 45.6 Å². The lowest BCUT2D eigenvalue weighted by atomic mass is 10.2. The number of nitrogens with zero attached hydrogens (tertiary/aromatic N) is 2. The Bertz CT molecular complexity index is 504. The van der Waals surface area contributed by atoms with Crippen molar-refractivity contribution >= 4 is 26.7 Å². The molecule has 1 aromatic heterocycles. The lowest BCUT2D eigenvalue weighted by Crippen LogP contribution is -2.31. The van der Waals surface area contributed by atoms with Crippen LogP contribution in [0, 0.1) is 6.92 Å². The zero-order valence-electron chi connectivity index (χ0n) is 10.8. The second-order valence-electron chi connectivity index (χ2n) is 4.68. The molecule has 1 unspecified atom stereocenters. The van der Waals surface area contributed by atoms with E-state index in [1.165, 1.54) is 10.3 Å². The van der Waals surface area contributed by atoms with Crippen LogP contribution < -0.4 is 5.32 Å². The molecule has 1 N–H and O–H groups in total. The second-order valence-corrected chi connectivity index (χ2v) is 5.71. The molecule has 0 aliphatic carbocycles. The van der Waals surface area contributed by atoms with Crippen LogP contribution in [0.5, 0.6) is 0 Å². The number of fused-ring (bicyclic) bond motifs is 1. The average molecular weight is 249 g/mol. The van der Waals surface area contributed by atoms with Gasteiger partial charge in [0.25, 0.3) is 0 Å². The first-order valence-electron chi connectivity index (χ1n) is 5.84. The maximum absolute atomic E-state index is 4.59. The third kappa shape index (κ3) is 2.96. The summed E-state index contributed by atoms with van der Waals surface area (Å²) < 4.78 is 1.25. The number of anilines is 1. The smallest absolute Gasteiger partial charge is 0.183 e. The number of thiazole rings is 1. The van der Waals surface area contributed by atoms with Crippen LogP contribution in [0.3, 0.4) is 0 Å². The Hall–Kier alpha value is -1.13. The molecule has 0 saturated heterocycles. The van der Waals surface area contributed by atoms with Crippen LogP contribution in [0.4, 0.5) is 5.13 Å². The highest BCUT2D eigenvalue weighted by molar-refractivity contribution is 7.22. The van der Waals surface area contributed by atoms with Crippen molar-refractivity contribution in [2.24, 2.45) is 0 Å². The molecule has 4 heteroatoms. The van der Waals surface area contributed by atoms with Crippen molar-refractivity contribution in [1.82, 2.24) is 9.88 Å². The van der Waals surface area contributed by atoms with Gasteiger partial charge in [0.15, 0.2) is 5.13 Å². The van der Waals surface area contributed by atoms with Crippen molar-refractivity contribution in [3.63, 3.8) is 0 Å². The highest BCUT2D eigenvalue weighted by atomic mass is 32.1. The molecule has 92 valence electrons. The Balaban J connectivity index is 2.09. The van der Waals surface area contributed by atoms with Crippen LogP contribution >= 0.6 is 11.3 Å². The highest BCUT2D eigenvalue weighted by Crippen LogP contribution is 2.26. The summed E-state index contributed by atoms with van der Waals surface area (Å²) in [6.45, 7) is 5.22. The predicted molar refractivity (Wildman–Crippen MR) is 76.0 cm³/mol. The summed E-state index contributed by atoms with van der Waals surface area (Å²) in [6.07, 6.45) is 0. The van der Waals surface area contributed by atoms with Gasteiger partial charge in [0.1, 0.15) is 0 Å². The molecular weight excluding hydrogens is 230 g/mol. The number of hydrogen-bond donors (Lipinski definition) is 1. The van der Waals surface area contributed by atoms with Gasteiger partial charge in [0, 0.05) is 12.6 Å². The Labute approximate surface area is 106 Å². The van der Waals surface area contributed by atoms with Crippen LogP contribution in [-0.2, 0) is 0 Å². The standard InChI is InChI=1S/C13H19N3S/c1-9-5-6-12-11(7-9)15-13(17-12)14-8-10(2)16(3)4/h5-7,10H,8H2,1-4H3,(H,14,15). The van der Waals surface area contributed by atoms with E-state index in [-0.39, 0.29) is 0 Å². The van der Waals surface area contributed by atoms with Crippen LogP contribution in [-0.4, -0.2) is 36.6 Å². The number of aromatic nitrogens is 1. The summed E-state index contributed by atoms with van der Waals surface area (Å²) >= 11 is 1.72. The summed E-state index contributed by atoms with van der Waals surface area (Å²) in [4.78, 5) is 6.79. The Morgan fingerprint density at radius 2 is 2.18 bits per heavy atom. The van der Waals surface area contributed by atoms with E-state index in [4.69, 9.17) is 0 Å². The molecule has 0 radical (unpaired) electrons. The molecule has 3 nitrogen and oxygen atoms in total. The van der Waals surface area contributed by atoms with Gasteiger partial charge in [-0.15, -0.1) is 0 Å². The topological polar surface area (TPSA) is 28.2 Å². The van der Waals surface area contributed by atoms with Crippen LogP contribution in [0.1, 0.15) is 12.5 Å². The normalized spacial score (nSPS) is 13.2. The van der Waals surface area contributed by atoms with Crippen LogP contribution in [0.25, 0.3) is 10.2 Å². The lowest BCUT2D eigenvalue weighted by molar-refractivity contribution is 0.326. The Kier molecular flexibility index (Phi) is 3.64. The fourth-order valence-electron chi connectivity index (χ4n) is 1.53. The largest absolute Gasteiger partial charge is 0.360 e. The number of aryl methyl sites for hydroxylation is 1. The number of likely N-dealkylation sites (N-methyl/N-ethyl adjacent to an activating group) is 1. The van der Waals surface area contributed by atoms with Crippen molar-refractivity contribution in [3.05, 3.63) is 23.8 Å². The van der Waals surface area contributed by atoms with Gasteiger partial charge in [-0.3, -0.25) is 0 Å². The van der Waals surface area contributed by atoms with Crippen molar-refractivity contribution in [2.75, 3.05) is 26.0 Å². The minimum absolute atomic E-state index is 0.503. The molecule has 1 aromatic carbocycles. The van der Waals surface area contributed by atoms with E-state index >= 15 is 0 Å². The predicted octanol–water partition coefficient (Wildman–Crippen LogP) is 2.97. The molecule has 0 aliphatic rings. The molecule has 1 atom stereocenters. The first-order chi connectivity index (χ1) is 8.06. The zero-order valence-corrected chi connectivity index (χ0v) is 11.6. The molecule has 2 rings (SSSR count). The number of rotatable bonds is 4. The van der Waals surface area contributed by atoms with Crippen molar-refractivity contribution < 1.29 is 0 Å². The summed E-state index contributed by atoms with van der Waals surface area (Å²) in [5.74, 6) is 0. The van der Waals surface area contributed by atoms with E-state index in [2.05, 4.69) is 61.3 Å². The van der Waals surface area contributed by atoms with Crippen LogP contribution in [0.2, 0.25) is 0 Å². The lowest BCUT2D eigenvalue weighted by Gasteiger charge is -2.19. The maximum Gasteiger partial charge on any atom is 0.183 e. The molecule has 0 amide bonds. The molecule has 0 aliphatic heterocycles. The molecule has 17 heavy (non-hydrogen) atoms. The zero-order chi connectivity index (χ0) is 12.4. The maximum atomic E-state index is 4.59. The van der Waals surface area contributed by atoms with Gasteiger partial charge in [-0.25, -0.2) is 4.98 Å². The van der Waals surface area contributed by atoms with Crippen LogP contribution in [0.15, 0.2) is 18.2 Å². The van der Waals surface area contributed by atoms with Gasteiger partial charge >= 0.3 is 0 Å². The van der Waals surface area contributed by atoms with E-state index in [9.17, 15) is 0 Å². The van der Waals surface area contributed by atoms with Gasteiger partial charge in [-0.2, -0.15) is 0 Å². The monoisotopic (exact) mass is 249 g/mol. The summed E-state index contributed by atoms with van der Waals surface area (Å²) in [5.41, 5.74) is 2.35. The van der Waals surface area contributed by atoms with E-state index in [0.29, 0.717) is 6.04 Å². The second kappa shape index (κ2) is 5.02. The molecule has 0 saturated carbocycles. The first-order valence-corrected chi connectivity index (χ1v) is 6.65. The summed E-state index contributed by atoms with van der Waals surface area (Å²) in [6, 6.07) is 6.91. The summed E-state index contributed by atoms with van der Waals surface area (Å²) in [5, 5.41) is 4.41. The quantitative estimate of drug-likeness (QED) is 0.903. The molecule has 0 spiro atoms. The minimum atomic E-state index is 0.503. The molecule has 0 bridgehead atoms. The van der Waals surface area contributed by atoms with E-state index < -0.39 is 0 Å². The third-order valence-corrected chi connectivity index (χ3v) is 3.97. The highest BCUT2D eigenvalue weighted by Gasteiger charge is 2.07. The van der Waals surface area contributed by atoms with E-state index in [1.807, 2.05) is 0 Å². The molecular formula is C13H19N3S. The van der Waals surface area contributed by atoms with Gasteiger partial charge in [0.2, 0.25) is 0 Å². The molecule has 0 fully saturated rings. The van der Waals surface area contributed by atoms with Gasteiger partial charge in [-0.1, -0.05) is 17.4 Å².